The highest BCUT2D eigenvalue weighted by Crippen LogP contribution is 2.40. The fraction of sp³-hybridized carbons (Fsp3) is 0.133. The number of anilines is 2. The Morgan fingerprint density at radius 1 is 0.816 bits per heavy atom. The zero-order valence-corrected chi connectivity index (χ0v) is 20.9. The number of hydrogen-bond acceptors (Lipinski definition) is 6. The first-order valence-corrected chi connectivity index (χ1v) is 12.1. The molecule has 0 saturated carbocycles. The van der Waals surface area contributed by atoms with Crippen molar-refractivity contribution >= 4 is 28.8 Å². The van der Waals surface area contributed by atoms with E-state index in [-0.39, 0.29) is 11.5 Å². The normalized spacial score (nSPS) is 16.2. The molecule has 0 spiro atoms. The number of nitro benzene ring substituents is 1. The molecule has 0 bridgehead atoms. The van der Waals surface area contributed by atoms with Crippen LogP contribution in [0.25, 0.3) is 0 Å². The van der Waals surface area contributed by atoms with Crippen molar-refractivity contribution in [1.82, 2.24) is 0 Å². The van der Waals surface area contributed by atoms with Crippen LogP contribution < -0.4 is 14.5 Å². The molecular weight excluding hydrogens is 482 g/mol. The molecule has 5 rings (SSSR count). The molecular formula is C30H25N3O5. The minimum atomic E-state index is -1.07. The Kier molecular flexibility index (Phi) is 6.62. The van der Waals surface area contributed by atoms with E-state index in [9.17, 15) is 19.7 Å². The van der Waals surface area contributed by atoms with Crippen molar-refractivity contribution in [2.75, 3.05) is 23.9 Å². The highest BCUT2D eigenvalue weighted by molar-refractivity contribution is 6.14. The van der Waals surface area contributed by atoms with Crippen LogP contribution in [0.2, 0.25) is 0 Å². The van der Waals surface area contributed by atoms with Crippen LogP contribution in [0.15, 0.2) is 103 Å². The second-order valence-electron chi connectivity index (χ2n) is 9.14. The first-order chi connectivity index (χ1) is 18.3. The SMILES string of the molecule is CN(C)c1ccc(C2Oc3ccccc3C(=O)C2N(C(=O)c2ccccc2)c2ccc([N+](=O)[O-])cc2)cc1. The minimum Gasteiger partial charge on any atom is -0.482 e. The molecule has 8 heteroatoms. The van der Waals surface area contributed by atoms with Gasteiger partial charge in [-0.3, -0.25) is 24.6 Å². The molecule has 0 aromatic heterocycles. The van der Waals surface area contributed by atoms with Gasteiger partial charge in [0.1, 0.15) is 11.8 Å². The molecule has 0 radical (unpaired) electrons. The predicted octanol–water partition coefficient (Wildman–Crippen LogP) is 5.69. The summed E-state index contributed by atoms with van der Waals surface area (Å²) < 4.78 is 6.42. The Morgan fingerprint density at radius 3 is 2.05 bits per heavy atom. The molecule has 1 heterocycles. The third-order valence-corrected chi connectivity index (χ3v) is 6.56. The molecule has 0 aliphatic carbocycles. The van der Waals surface area contributed by atoms with Crippen molar-refractivity contribution in [3.05, 3.63) is 130 Å². The van der Waals surface area contributed by atoms with Crippen LogP contribution in [0.5, 0.6) is 5.75 Å². The number of ketones is 1. The van der Waals surface area contributed by atoms with E-state index in [2.05, 4.69) is 0 Å². The van der Waals surface area contributed by atoms with Crippen molar-refractivity contribution in [1.29, 1.82) is 0 Å². The molecule has 190 valence electrons. The summed E-state index contributed by atoms with van der Waals surface area (Å²) in [7, 11) is 3.87. The Bertz CT molecular complexity index is 1480. The van der Waals surface area contributed by atoms with Gasteiger partial charge in [0.05, 0.1) is 10.5 Å². The summed E-state index contributed by atoms with van der Waals surface area (Å²) in [6.07, 6.45) is -0.823. The van der Waals surface area contributed by atoms with Gasteiger partial charge in [0.25, 0.3) is 11.6 Å². The van der Waals surface area contributed by atoms with Gasteiger partial charge in [-0.05, 0) is 54.1 Å². The fourth-order valence-electron chi connectivity index (χ4n) is 4.60. The Hall–Kier alpha value is -4.98. The number of benzene rings is 4. The third-order valence-electron chi connectivity index (χ3n) is 6.56. The standard InChI is InChI=1S/C30H25N3O5/c1-31(2)22-14-12-20(13-15-22)29-27(28(34)25-10-6-7-11-26(25)38-29)32(30(35)21-8-4-3-5-9-21)23-16-18-24(19-17-23)33(36)37/h3-19,27,29H,1-2H3. The molecule has 38 heavy (non-hydrogen) atoms. The van der Waals surface area contributed by atoms with Gasteiger partial charge in [0.2, 0.25) is 0 Å². The van der Waals surface area contributed by atoms with E-state index >= 15 is 0 Å². The summed E-state index contributed by atoms with van der Waals surface area (Å²) >= 11 is 0. The average molecular weight is 508 g/mol. The number of carbonyl (C=O) groups is 2. The topological polar surface area (TPSA) is 93.0 Å². The number of rotatable bonds is 6. The number of nitro groups is 1. The van der Waals surface area contributed by atoms with Gasteiger partial charge >= 0.3 is 0 Å². The number of amides is 1. The van der Waals surface area contributed by atoms with Crippen molar-refractivity contribution in [2.45, 2.75) is 12.1 Å². The van der Waals surface area contributed by atoms with Gasteiger partial charge in [-0.25, -0.2) is 0 Å². The van der Waals surface area contributed by atoms with Gasteiger partial charge in [-0.15, -0.1) is 0 Å². The Balaban J connectivity index is 1.68. The number of ether oxygens (including phenoxy) is 1. The molecule has 4 aromatic carbocycles. The number of fused-ring (bicyclic) bond motifs is 1. The van der Waals surface area contributed by atoms with Crippen LogP contribution in [-0.2, 0) is 0 Å². The van der Waals surface area contributed by atoms with E-state index in [1.807, 2.05) is 43.3 Å². The van der Waals surface area contributed by atoms with E-state index in [1.165, 1.54) is 29.2 Å². The van der Waals surface area contributed by atoms with Crippen LogP contribution in [0.4, 0.5) is 17.1 Å². The van der Waals surface area contributed by atoms with Crippen molar-refractivity contribution in [3.8, 4) is 5.75 Å². The van der Waals surface area contributed by atoms with Crippen LogP contribution >= 0.6 is 0 Å². The lowest BCUT2D eigenvalue weighted by atomic mass is 9.89. The highest BCUT2D eigenvalue weighted by Gasteiger charge is 2.44. The summed E-state index contributed by atoms with van der Waals surface area (Å²) in [5.41, 5.74) is 2.66. The molecule has 4 aromatic rings. The summed E-state index contributed by atoms with van der Waals surface area (Å²) in [6.45, 7) is 0. The van der Waals surface area contributed by atoms with Crippen LogP contribution in [0, 0.1) is 10.1 Å². The quantitative estimate of drug-likeness (QED) is 0.246. The lowest BCUT2D eigenvalue weighted by Crippen LogP contribution is -2.52. The molecule has 0 N–H and O–H groups in total. The first-order valence-electron chi connectivity index (χ1n) is 12.1. The van der Waals surface area contributed by atoms with E-state index < -0.39 is 23.0 Å². The smallest absolute Gasteiger partial charge is 0.269 e. The summed E-state index contributed by atoms with van der Waals surface area (Å²) in [5.74, 6) is -0.266. The van der Waals surface area contributed by atoms with Crippen molar-refractivity contribution in [2.24, 2.45) is 0 Å². The van der Waals surface area contributed by atoms with Gasteiger partial charge in [-0.2, -0.15) is 0 Å². The number of hydrogen-bond donors (Lipinski definition) is 0. The maximum absolute atomic E-state index is 14.1. The molecule has 8 nitrogen and oxygen atoms in total. The van der Waals surface area contributed by atoms with Crippen molar-refractivity contribution in [3.63, 3.8) is 0 Å². The van der Waals surface area contributed by atoms with Gasteiger partial charge in [0, 0.05) is 43.2 Å². The summed E-state index contributed by atoms with van der Waals surface area (Å²) in [6, 6.07) is 27.8. The largest absolute Gasteiger partial charge is 0.482 e. The van der Waals surface area contributed by atoms with E-state index in [1.54, 1.807) is 54.6 Å². The van der Waals surface area contributed by atoms with Gasteiger partial charge < -0.3 is 9.64 Å². The molecule has 1 aliphatic rings. The predicted molar refractivity (Wildman–Crippen MR) is 145 cm³/mol. The maximum Gasteiger partial charge on any atom is 0.269 e. The summed E-state index contributed by atoms with van der Waals surface area (Å²) in [5, 5.41) is 11.3. The second kappa shape index (κ2) is 10.2. The first kappa shape index (κ1) is 24.7. The molecule has 2 unspecified atom stereocenters. The third kappa shape index (κ3) is 4.59. The molecule has 2 atom stereocenters. The minimum absolute atomic E-state index is 0.117. The monoisotopic (exact) mass is 507 g/mol. The number of Topliss-reactive ketones (excluding diaryl/α,β-unsaturated/α-hetero) is 1. The van der Waals surface area contributed by atoms with Crippen molar-refractivity contribution < 1.29 is 19.2 Å². The molecule has 1 aliphatic heterocycles. The van der Waals surface area contributed by atoms with Gasteiger partial charge in [0.15, 0.2) is 11.9 Å². The summed E-state index contributed by atoms with van der Waals surface area (Å²) in [4.78, 5) is 42.3. The van der Waals surface area contributed by atoms with Crippen LogP contribution in [0.1, 0.15) is 32.4 Å². The van der Waals surface area contributed by atoms with E-state index in [0.29, 0.717) is 22.6 Å². The molecule has 1 amide bonds. The fourth-order valence-corrected chi connectivity index (χ4v) is 4.60. The zero-order valence-electron chi connectivity index (χ0n) is 20.9. The second-order valence-corrected chi connectivity index (χ2v) is 9.14. The maximum atomic E-state index is 14.1. The number of nitrogens with zero attached hydrogens (tertiary/aromatic N) is 3. The van der Waals surface area contributed by atoms with Gasteiger partial charge in [-0.1, -0.05) is 42.5 Å². The average Bonchev–Trinajstić information content (AvgIpc) is 2.95. The Labute approximate surface area is 219 Å². The number of para-hydroxylation sites is 1. The highest BCUT2D eigenvalue weighted by atomic mass is 16.6. The van der Waals surface area contributed by atoms with E-state index in [4.69, 9.17) is 4.74 Å². The van der Waals surface area contributed by atoms with Crippen LogP contribution in [0.3, 0.4) is 0 Å². The lowest BCUT2D eigenvalue weighted by Gasteiger charge is -2.39. The number of non-ortho nitro benzene ring substituents is 1. The number of carbonyl (C=O) groups excluding carboxylic acids is 2. The molecule has 0 saturated heterocycles. The van der Waals surface area contributed by atoms with Crippen LogP contribution in [-0.4, -0.2) is 36.8 Å². The Morgan fingerprint density at radius 2 is 1.42 bits per heavy atom. The molecule has 0 fully saturated rings. The lowest BCUT2D eigenvalue weighted by molar-refractivity contribution is -0.384. The van der Waals surface area contributed by atoms with E-state index in [0.717, 1.165) is 11.3 Å². The zero-order chi connectivity index (χ0) is 26.8.